The van der Waals surface area contributed by atoms with Crippen molar-refractivity contribution in [2.75, 3.05) is 38.0 Å². The molecule has 2 aromatic rings. The number of hydrogen-bond donors (Lipinski definition) is 2. The predicted molar refractivity (Wildman–Crippen MR) is 122 cm³/mol. The lowest BCUT2D eigenvalue weighted by atomic mass is 10.1. The number of aryl methyl sites for hydroxylation is 1. The fraction of sp³-hybridized carbons (Fsp3) is 0.391. The first-order chi connectivity index (χ1) is 15.7. The Morgan fingerprint density at radius 1 is 1.06 bits per heavy atom. The van der Waals surface area contributed by atoms with Crippen molar-refractivity contribution in [3.8, 4) is 0 Å². The van der Waals surface area contributed by atoms with Crippen LogP contribution in [0.3, 0.4) is 0 Å². The number of carbonyl (C=O) groups is 2. The highest BCUT2D eigenvalue weighted by molar-refractivity contribution is 7.89. The number of halogens is 1. The van der Waals surface area contributed by atoms with Crippen molar-refractivity contribution in [2.45, 2.75) is 30.7 Å². The Bertz CT molecular complexity index is 1160. The van der Waals surface area contributed by atoms with E-state index in [1.54, 1.807) is 17.0 Å². The molecule has 2 fully saturated rings. The third kappa shape index (κ3) is 5.51. The molecule has 0 unspecified atom stereocenters. The van der Waals surface area contributed by atoms with Crippen molar-refractivity contribution >= 4 is 27.5 Å². The maximum Gasteiger partial charge on any atom is 0.251 e. The molecule has 2 amide bonds. The Kier molecular flexibility index (Phi) is 6.66. The van der Waals surface area contributed by atoms with Crippen molar-refractivity contribution < 1.29 is 22.4 Å². The number of rotatable bonds is 7. The summed E-state index contributed by atoms with van der Waals surface area (Å²) in [5.74, 6) is -0.895. The van der Waals surface area contributed by atoms with Gasteiger partial charge in [-0.05, 0) is 55.7 Å². The molecule has 0 radical (unpaired) electrons. The van der Waals surface area contributed by atoms with Gasteiger partial charge in [0.15, 0.2) is 0 Å². The number of nitrogens with one attached hydrogen (secondary N) is 2. The number of benzene rings is 2. The van der Waals surface area contributed by atoms with Gasteiger partial charge in [-0.2, -0.15) is 4.31 Å². The van der Waals surface area contributed by atoms with E-state index in [0.29, 0.717) is 11.3 Å². The molecule has 10 heteroatoms. The average molecular weight is 475 g/mol. The average Bonchev–Trinajstić information content (AvgIpc) is 3.62. The molecule has 33 heavy (non-hydrogen) atoms. The second-order valence-corrected chi connectivity index (χ2v) is 10.3. The molecule has 0 atom stereocenters. The molecule has 1 saturated heterocycles. The molecule has 0 spiro atoms. The van der Waals surface area contributed by atoms with E-state index in [4.69, 9.17) is 0 Å². The highest BCUT2D eigenvalue weighted by atomic mass is 32.2. The first-order valence-corrected chi connectivity index (χ1v) is 12.4. The molecular formula is C23H27FN4O4S. The van der Waals surface area contributed by atoms with Crippen LogP contribution in [0.2, 0.25) is 0 Å². The molecule has 1 heterocycles. The zero-order valence-corrected chi connectivity index (χ0v) is 19.2. The molecule has 1 aliphatic heterocycles. The highest BCUT2D eigenvalue weighted by Gasteiger charge is 2.30. The summed E-state index contributed by atoms with van der Waals surface area (Å²) in [6, 6.07) is 10.5. The van der Waals surface area contributed by atoms with Gasteiger partial charge in [0, 0.05) is 43.5 Å². The second-order valence-electron chi connectivity index (χ2n) is 8.37. The van der Waals surface area contributed by atoms with Crippen LogP contribution < -0.4 is 10.6 Å². The molecule has 1 aliphatic carbocycles. The Morgan fingerprint density at radius 3 is 2.45 bits per heavy atom. The normalized spacial score (nSPS) is 17.0. The van der Waals surface area contributed by atoms with Crippen LogP contribution in [0.1, 0.15) is 28.8 Å². The van der Waals surface area contributed by atoms with Gasteiger partial charge in [-0.3, -0.25) is 9.59 Å². The molecule has 1 saturated carbocycles. The zero-order chi connectivity index (χ0) is 23.6. The minimum atomic E-state index is -3.81. The molecule has 0 bridgehead atoms. The van der Waals surface area contributed by atoms with Crippen molar-refractivity contribution in [1.82, 2.24) is 14.5 Å². The molecule has 176 valence electrons. The van der Waals surface area contributed by atoms with Crippen LogP contribution in [-0.2, 0) is 14.8 Å². The number of anilines is 1. The quantitative estimate of drug-likeness (QED) is 0.639. The smallest absolute Gasteiger partial charge is 0.251 e. The summed E-state index contributed by atoms with van der Waals surface area (Å²) in [6.45, 7) is 2.70. The van der Waals surface area contributed by atoms with Gasteiger partial charge in [-0.25, -0.2) is 12.8 Å². The number of sulfonamides is 1. The van der Waals surface area contributed by atoms with Crippen LogP contribution in [0.25, 0.3) is 0 Å². The largest absolute Gasteiger partial charge is 0.376 e. The van der Waals surface area contributed by atoms with Crippen LogP contribution >= 0.6 is 0 Å². The second kappa shape index (κ2) is 9.48. The lowest BCUT2D eigenvalue weighted by molar-refractivity contribution is -0.130. The minimum Gasteiger partial charge on any atom is -0.376 e. The summed E-state index contributed by atoms with van der Waals surface area (Å²) >= 11 is 0. The van der Waals surface area contributed by atoms with E-state index in [2.05, 4.69) is 10.6 Å². The van der Waals surface area contributed by atoms with Gasteiger partial charge in [0.05, 0.1) is 11.4 Å². The van der Waals surface area contributed by atoms with Crippen LogP contribution in [-0.4, -0.2) is 68.2 Å². The van der Waals surface area contributed by atoms with Crippen LogP contribution in [0, 0.1) is 12.7 Å². The number of piperazine rings is 1. The van der Waals surface area contributed by atoms with Crippen LogP contribution in [0.15, 0.2) is 47.4 Å². The first kappa shape index (κ1) is 23.2. The topological polar surface area (TPSA) is 98.8 Å². The van der Waals surface area contributed by atoms with Crippen LogP contribution in [0.4, 0.5) is 10.1 Å². The van der Waals surface area contributed by atoms with E-state index in [1.807, 2.05) is 13.0 Å². The van der Waals surface area contributed by atoms with E-state index in [1.165, 1.54) is 22.5 Å². The van der Waals surface area contributed by atoms with Gasteiger partial charge < -0.3 is 15.5 Å². The summed E-state index contributed by atoms with van der Waals surface area (Å²) in [5, 5.41) is 6.05. The molecule has 8 nitrogen and oxygen atoms in total. The summed E-state index contributed by atoms with van der Waals surface area (Å²) in [5.41, 5.74) is 2.16. The van der Waals surface area contributed by atoms with E-state index < -0.39 is 15.8 Å². The SMILES string of the molecule is Cc1ccc(C(=O)NC2CC2)cc1NCC(=O)N1CCN(S(=O)(=O)c2cccc(F)c2)CC1. The van der Waals surface area contributed by atoms with E-state index in [-0.39, 0.29) is 55.5 Å². The number of amides is 2. The summed E-state index contributed by atoms with van der Waals surface area (Å²) < 4.78 is 40.2. The fourth-order valence-corrected chi connectivity index (χ4v) is 5.14. The maximum atomic E-state index is 13.4. The number of carbonyl (C=O) groups excluding carboxylic acids is 2. The first-order valence-electron chi connectivity index (χ1n) is 10.9. The monoisotopic (exact) mass is 474 g/mol. The van der Waals surface area contributed by atoms with Crippen molar-refractivity contribution in [1.29, 1.82) is 0 Å². The summed E-state index contributed by atoms with van der Waals surface area (Å²) in [6.07, 6.45) is 2.02. The minimum absolute atomic E-state index is 0.0329. The van der Waals surface area contributed by atoms with E-state index in [0.717, 1.165) is 24.5 Å². The fourth-order valence-electron chi connectivity index (χ4n) is 3.69. The Hall–Kier alpha value is -2.98. The van der Waals surface area contributed by atoms with Gasteiger partial charge in [-0.15, -0.1) is 0 Å². The van der Waals surface area contributed by atoms with Gasteiger partial charge in [-0.1, -0.05) is 12.1 Å². The van der Waals surface area contributed by atoms with Crippen molar-refractivity contribution in [3.63, 3.8) is 0 Å². The lowest BCUT2D eigenvalue weighted by Gasteiger charge is -2.34. The molecule has 2 aliphatic rings. The molecule has 2 aromatic carbocycles. The van der Waals surface area contributed by atoms with Gasteiger partial charge >= 0.3 is 0 Å². The third-order valence-electron chi connectivity index (χ3n) is 5.87. The summed E-state index contributed by atoms with van der Waals surface area (Å²) in [4.78, 5) is 26.5. The van der Waals surface area contributed by atoms with E-state index in [9.17, 15) is 22.4 Å². The summed E-state index contributed by atoms with van der Waals surface area (Å²) in [7, 11) is -3.81. The Balaban J connectivity index is 1.32. The molecule has 2 N–H and O–H groups in total. The molecule has 4 rings (SSSR count). The standard InChI is InChI=1S/C23H27FN4O4S/c1-16-5-6-17(23(30)26-19-7-8-19)13-21(16)25-15-22(29)27-9-11-28(12-10-27)33(31,32)20-4-2-3-18(24)14-20/h2-6,13-14,19,25H,7-12,15H2,1H3,(H,26,30). The zero-order valence-electron chi connectivity index (χ0n) is 18.4. The number of hydrogen-bond acceptors (Lipinski definition) is 5. The van der Waals surface area contributed by atoms with Gasteiger partial charge in [0.1, 0.15) is 5.82 Å². The Morgan fingerprint density at radius 2 is 1.79 bits per heavy atom. The predicted octanol–water partition coefficient (Wildman–Crippen LogP) is 1.97. The highest BCUT2D eigenvalue weighted by Crippen LogP contribution is 2.22. The van der Waals surface area contributed by atoms with Crippen molar-refractivity contribution in [3.05, 3.63) is 59.4 Å². The van der Waals surface area contributed by atoms with E-state index >= 15 is 0 Å². The number of nitrogens with zero attached hydrogens (tertiary/aromatic N) is 2. The van der Waals surface area contributed by atoms with Crippen molar-refractivity contribution in [2.24, 2.45) is 0 Å². The third-order valence-corrected chi connectivity index (χ3v) is 7.76. The maximum absolute atomic E-state index is 13.4. The van der Waals surface area contributed by atoms with Gasteiger partial charge in [0.2, 0.25) is 15.9 Å². The van der Waals surface area contributed by atoms with Crippen LogP contribution in [0.5, 0.6) is 0 Å². The van der Waals surface area contributed by atoms with Gasteiger partial charge in [0.25, 0.3) is 5.91 Å². The Labute approximate surface area is 192 Å². The lowest BCUT2D eigenvalue weighted by Crippen LogP contribution is -2.51. The molecular weight excluding hydrogens is 447 g/mol. The molecule has 0 aromatic heterocycles.